The van der Waals surface area contributed by atoms with E-state index in [1.807, 2.05) is 0 Å². The van der Waals surface area contributed by atoms with Gasteiger partial charge < -0.3 is 10.6 Å². The van der Waals surface area contributed by atoms with E-state index in [-0.39, 0.29) is 10.6 Å². The zero-order chi connectivity index (χ0) is 12.3. The van der Waals surface area contributed by atoms with Gasteiger partial charge in [-0.25, -0.2) is 4.39 Å². The summed E-state index contributed by atoms with van der Waals surface area (Å²) in [7, 11) is 1.52. The molecule has 4 nitrogen and oxygen atoms in total. The molecule has 1 unspecified atom stereocenters. The lowest BCUT2D eigenvalue weighted by molar-refractivity contribution is 0.0774. The van der Waals surface area contributed by atoms with Crippen molar-refractivity contribution < 1.29 is 9.18 Å². The molecule has 1 atom stereocenters. The molecular formula is C10H12FN3OS. The third kappa shape index (κ3) is 2.52. The van der Waals surface area contributed by atoms with Crippen LogP contribution in [0.2, 0.25) is 0 Å². The number of nitrogens with two attached hydrogens (primary N) is 1. The first-order valence-electron chi connectivity index (χ1n) is 4.61. The molecule has 16 heavy (non-hydrogen) atoms. The Hall–Kier alpha value is -1.56. The lowest BCUT2D eigenvalue weighted by Gasteiger charge is -2.23. The molecule has 0 aliphatic heterocycles. The predicted molar refractivity (Wildman–Crippen MR) is 62.5 cm³/mol. The minimum Gasteiger partial charge on any atom is -0.392 e. The maximum atomic E-state index is 13.3. The Morgan fingerprint density at radius 3 is 2.81 bits per heavy atom. The second-order valence-corrected chi connectivity index (χ2v) is 3.82. The van der Waals surface area contributed by atoms with Crippen LogP contribution < -0.4 is 5.73 Å². The van der Waals surface area contributed by atoms with Gasteiger partial charge in [-0.2, -0.15) is 0 Å². The first-order valence-corrected chi connectivity index (χ1v) is 5.02. The number of amides is 1. The van der Waals surface area contributed by atoms with E-state index in [1.54, 1.807) is 6.92 Å². The van der Waals surface area contributed by atoms with Gasteiger partial charge in [0.1, 0.15) is 0 Å². The zero-order valence-electron chi connectivity index (χ0n) is 8.98. The van der Waals surface area contributed by atoms with Crippen LogP contribution in [-0.4, -0.2) is 33.9 Å². The van der Waals surface area contributed by atoms with Crippen LogP contribution in [0.4, 0.5) is 4.39 Å². The molecule has 6 heteroatoms. The van der Waals surface area contributed by atoms with E-state index in [1.165, 1.54) is 24.2 Å². The molecule has 1 aromatic heterocycles. The number of likely N-dealkylation sites (N-methyl/N-ethyl adjacent to an activating group) is 1. The fourth-order valence-electron chi connectivity index (χ4n) is 1.11. The van der Waals surface area contributed by atoms with Gasteiger partial charge in [0, 0.05) is 13.2 Å². The van der Waals surface area contributed by atoms with Crippen LogP contribution in [-0.2, 0) is 0 Å². The van der Waals surface area contributed by atoms with Crippen LogP contribution in [0.5, 0.6) is 0 Å². The van der Waals surface area contributed by atoms with Gasteiger partial charge in [0.05, 0.1) is 22.8 Å². The van der Waals surface area contributed by atoms with E-state index < -0.39 is 17.8 Å². The lowest BCUT2D eigenvalue weighted by atomic mass is 10.2. The maximum absolute atomic E-state index is 13.3. The van der Waals surface area contributed by atoms with E-state index in [9.17, 15) is 9.18 Å². The molecular weight excluding hydrogens is 229 g/mol. The number of pyridine rings is 1. The van der Waals surface area contributed by atoms with E-state index in [0.717, 1.165) is 6.20 Å². The summed E-state index contributed by atoms with van der Waals surface area (Å²) < 4.78 is 13.3. The van der Waals surface area contributed by atoms with Crippen molar-refractivity contribution in [2.45, 2.75) is 13.0 Å². The van der Waals surface area contributed by atoms with Crippen LogP contribution >= 0.6 is 12.2 Å². The average Bonchev–Trinajstić information content (AvgIpc) is 2.26. The van der Waals surface area contributed by atoms with E-state index in [0.29, 0.717) is 0 Å². The van der Waals surface area contributed by atoms with Crippen LogP contribution in [0, 0.1) is 5.82 Å². The fraction of sp³-hybridized carbons (Fsp3) is 0.300. The van der Waals surface area contributed by atoms with Crippen molar-refractivity contribution in [2.75, 3.05) is 7.05 Å². The molecule has 1 heterocycles. The van der Waals surface area contributed by atoms with E-state index >= 15 is 0 Å². The molecule has 0 aliphatic rings. The SMILES string of the molecule is CC(C(N)=S)N(C)C(=O)c1ccncc1F. The van der Waals surface area contributed by atoms with Gasteiger partial charge in [0.15, 0.2) is 5.82 Å². The molecule has 0 bridgehead atoms. The summed E-state index contributed by atoms with van der Waals surface area (Å²) in [6.07, 6.45) is 2.35. The fourth-order valence-corrected chi connectivity index (χ4v) is 1.26. The number of carbonyl (C=O) groups is 1. The molecule has 0 radical (unpaired) electrons. The second-order valence-electron chi connectivity index (χ2n) is 3.35. The monoisotopic (exact) mass is 241 g/mol. The number of thiocarbonyl (C=S) groups is 1. The average molecular weight is 241 g/mol. The van der Waals surface area contributed by atoms with Crippen LogP contribution in [0.25, 0.3) is 0 Å². The van der Waals surface area contributed by atoms with E-state index in [2.05, 4.69) is 4.98 Å². The van der Waals surface area contributed by atoms with Crippen LogP contribution in [0.3, 0.4) is 0 Å². The van der Waals surface area contributed by atoms with Gasteiger partial charge in [-0.05, 0) is 13.0 Å². The summed E-state index contributed by atoms with van der Waals surface area (Å²) in [5, 5.41) is 0. The van der Waals surface area contributed by atoms with Gasteiger partial charge >= 0.3 is 0 Å². The lowest BCUT2D eigenvalue weighted by Crippen LogP contribution is -2.43. The molecule has 86 valence electrons. The molecule has 1 amide bonds. The Balaban J connectivity index is 2.95. The summed E-state index contributed by atoms with van der Waals surface area (Å²) >= 11 is 4.77. The molecule has 1 rings (SSSR count). The number of halogens is 1. The highest BCUT2D eigenvalue weighted by atomic mass is 32.1. The number of hydrogen-bond acceptors (Lipinski definition) is 3. The highest BCUT2D eigenvalue weighted by molar-refractivity contribution is 7.80. The summed E-state index contributed by atoms with van der Waals surface area (Å²) in [6.45, 7) is 1.68. The van der Waals surface area contributed by atoms with Crippen molar-refractivity contribution in [2.24, 2.45) is 5.73 Å². The minimum absolute atomic E-state index is 0.0411. The van der Waals surface area contributed by atoms with Crippen molar-refractivity contribution in [3.05, 3.63) is 29.8 Å². The van der Waals surface area contributed by atoms with Crippen molar-refractivity contribution >= 4 is 23.1 Å². The van der Waals surface area contributed by atoms with Crippen LogP contribution in [0.1, 0.15) is 17.3 Å². The number of nitrogens with zero attached hydrogens (tertiary/aromatic N) is 2. The molecule has 2 N–H and O–H groups in total. The normalized spacial score (nSPS) is 11.9. The van der Waals surface area contributed by atoms with Crippen molar-refractivity contribution in [1.82, 2.24) is 9.88 Å². The molecule has 1 aromatic rings. The Labute approximate surface area is 98.3 Å². The third-order valence-corrected chi connectivity index (χ3v) is 2.66. The molecule has 0 aromatic carbocycles. The Morgan fingerprint density at radius 2 is 2.31 bits per heavy atom. The highest BCUT2D eigenvalue weighted by Gasteiger charge is 2.21. The molecule has 0 fully saturated rings. The number of aromatic nitrogens is 1. The first kappa shape index (κ1) is 12.5. The Kier molecular flexibility index (Phi) is 3.89. The summed E-state index contributed by atoms with van der Waals surface area (Å²) in [4.78, 5) is 16.9. The van der Waals surface area contributed by atoms with Gasteiger partial charge in [0.25, 0.3) is 5.91 Å². The first-order chi connectivity index (χ1) is 7.45. The van der Waals surface area contributed by atoms with Crippen molar-refractivity contribution in [3.63, 3.8) is 0 Å². The maximum Gasteiger partial charge on any atom is 0.257 e. The largest absolute Gasteiger partial charge is 0.392 e. The van der Waals surface area contributed by atoms with Crippen LogP contribution in [0.15, 0.2) is 18.5 Å². The third-order valence-electron chi connectivity index (χ3n) is 2.32. The smallest absolute Gasteiger partial charge is 0.257 e. The Morgan fingerprint density at radius 1 is 1.69 bits per heavy atom. The summed E-state index contributed by atoms with van der Waals surface area (Å²) in [5.74, 6) is -1.13. The molecule has 0 saturated carbocycles. The van der Waals surface area contributed by atoms with Crippen molar-refractivity contribution in [3.8, 4) is 0 Å². The summed E-state index contributed by atoms with van der Waals surface area (Å²) in [5.41, 5.74) is 5.38. The topological polar surface area (TPSA) is 59.2 Å². The summed E-state index contributed by atoms with van der Waals surface area (Å²) in [6, 6.07) is 0.899. The Bertz CT molecular complexity index is 424. The molecule has 0 saturated heterocycles. The van der Waals surface area contributed by atoms with Gasteiger partial charge in [-0.15, -0.1) is 0 Å². The second kappa shape index (κ2) is 4.98. The molecule has 0 spiro atoms. The zero-order valence-corrected chi connectivity index (χ0v) is 9.79. The highest BCUT2D eigenvalue weighted by Crippen LogP contribution is 2.09. The predicted octanol–water partition coefficient (Wildman–Crippen LogP) is 0.967. The van der Waals surface area contributed by atoms with Gasteiger partial charge in [-0.1, -0.05) is 12.2 Å². The van der Waals surface area contributed by atoms with E-state index in [4.69, 9.17) is 18.0 Å². The number of carbonyl (C=O) groups excluding carboxylic acids is 1. The minimum atomic E-state index is -0.658. The van der Waals surface area contributed by atoms with Gasteiger partial charge in [-0.3, -0.25) is 9.78 Å². The van der Waals surface area contributed by atoms with Gasteiger partial charge in [0.2, 0.25) is 0 Å². The molecule has 0 aliphatic carbocycles. The number of rotatable bonds is 3. The van der Waals surface area contributed by atoms with Crippen molar-refractivity contribution in [1.29, 1.82) is 0 Å². The standard InChI is InChI=1S/C10H12FN3OS/c1-6(9(12)16)14(2)10(15)7-3-4-13-5-8(7)11/h3-6H,1-2H3,(H2,12,16). The number of hydrogen-bond donors (Lipinski definition) is 1. The quantitative estimate of drug-likeness (QED) is 0.801.